The van der Waals surface area contributed by atoms with Crippen molar-refractivity contribution in [1.82, 2.24) is 49.9 Å². The molecule has 2 saturated heterocycles. The summed E-state index contributed by atoms with van der Waals surface area (Å²) in [7, 11) is 8.48. The van der Waals surface area contributed by atoms with Gasteiger partial charge in [-0.3, -0.25) is 0 Å². The molecule has 0 amide bonds. The number of piperidine rings is 1. The van der Waals surface area contributed by atoms with Gasteiger partial charge in [0.05, 0.1) is 18.6 Å². The van der Waals surface area contributed by atoms with Crippen LogP contribution in [0.5, 0.6) is 0 Å². The number of likely N-dealkylation sites (N-methyl/N-ethyl adjacent to an activating group) is 2. The summed E-state index contributed by atoms with van der Waals surface area (Å²) in [6.45, 7) is 6.81. The monoisotopic (exact) mass is 644 g/mol. The fourth-order valence-electron chi connectivity index (χ4n) is 5.85. The molecule has 3 aliphatic heterocycles. The SMILES string of the molecule is CN(C)C1CCCN(c2ccc(N)nn2)C1.CN(C)C1CCN(c2ccc(N)nn2)C1.Nc1ccc(N2CCn3cncc3C2)nn1. The van der Waals surface area contributed by atoms with Crippen molar-refractivity contribution in [2.75, 3.05) is 92.8 Å². The number of hydrogen-bond acceptors (Lipinski definition) is 15. The molecule has 3 aliphatic rings. The minimum Gasteiger partial charge on any atom is -0.382 e. The minimum atomic E-state index is 0.450. The van der Waals surface area contributed by atoms with Crippen molar-refractivity contribution in [3.8, 4) is 0 Å². The summed E-state index contributed by atoms with van der Waals surface area (Å²) in [5, 5.41) is 23.9. The molecule has 7 heterocycles. The smallest absolute Gasteiger partial charge is 0.151 e. The summed E-state index contributed by atoms with van der Waals surface area (Å²) in [5.41, 5.74) is 17.7. The molecule has 0 saturated carbocycles. The van der Waals surface area contributed by atoms with Crippen LogP contribution in [0.3, 0.4) is 0 Å². The van der Waals surface area contributed by atoms with E-state index in [9.17, 15) is 0 Å². The molecule has 2 atom stereocenters. The van der Waals surface area contributed by atoms with Crippen molar-refractivity contribution < 1.29 is 0 Å². The maximum atomic E-state index is 5.53. The zero-order valence-corrected chi connectivity index (χ0v) is 27.9. The van der Waals surface area contributed by atoms with Crippen LogP contribution in [0.15, 0.2) is 48.9 Å². The minimum absolute atomic E-state index is 0.450. The van der Waals surface area contributed by atoms with Crippen LogP contribution in [-0.4, -0.2) is 123 Å². The molecule has 4 aromatic heterocycles. The van der Waals surface area contributed by atoms with Crippen LogP contribution >= 0.6 is 0 Å². The highest BCUT2D eigenvalue weighted by Crippen LogP contribution is 2.21. The van der Waals surface area contributed by atoms with Gasteiger partial charge in [0, 0.05) is 57.5 Å². The van der Waals surface area contributed by atoms with Gasteiger partial charge in [0.25, 0.3) is 0 Å². The molecule has 0 radical (unpaired) electrons. The third kappa shape index (κ3) is 9.13. The molecule has 2 unspecified atom stereocenters. The number of nitrogens with two attached hydrogens (primary N) is 3. The van der Waals surface area contributed by atoms with Crippen LogP contribution in [0, 0.1) is 0 Å². The Labute approximate surface area is 276 Å². The van der Waals surface area contributed by atoms with Gasteiger partial charge in [-0.2, -0.15) is 0 Å². The zero-order valence-electron chi connectivity index (χ0n) is 27.9. The van der Waals surface area contributed by atoms with Crippen molar-refractivity contribution in [3.05, 3.63) is 54.6 Å². The van der Waals surface area contributed by atoms with Gasteiger partial charge in [-0.1, -0.05) is 0 Å². The predicted octanol–water partition coefficient (Wildman–Crippen LogP) is 1.06. The molecular weight excluding hydrogens is 596 g/mol. The summed E-state index contributed by atoms with van der Waals surface area (Å²) < 4.78 is 2.15. The quantitative estimate of drug-likeness (QED) is 0.279. The van der Waals surface area contributed by atoms with Gasteiger partial charge in [-0.25, -0.2) is 4.98 Å². The fraction of sp³-hybridized carbons (Fsp3) is 0.516. The first-order valence-electron chi connectivity index (χ1n) is 16.0. The number of aromatic nitrogens is 8. The van der Waals surface area contributed by atoms with E-state index in [1.807, 2.05) is 36.8 Å². The molecule has 0 bridgehead atoms. The number of anilines is 6. The first kappa shape index (κ1) is 33.5. The normalized spacial score (nSPS) is 19.1. The maximum Gasteiger partial charge on any atom is 0.151 e. The molecule has 0 aromatic carbocycles. The van der Waals surface area contributed by atoms with Crippen molar-refractivity contribution >= 4 is 34.9 Å². The Kier molecular flexibility index (Phi) is 11.2. The topological polar surface area (TPSA) is 189 Å². The van der Waals surface area contributed by atoms with Crippen molar-refractivity contribution in [2.45, 2.75) is 44.4 Å². The molecule has 4 aromatic rings. The lowest BCUT2D eigenvalue weighted by Gasteiger charge is -2.36. The van der Waals surface area contributed by atoms with Gasteiger partial charge in [-0.05, 0) is 83.9 Å². The number of rotatable bonds is 5. The second-order valence-electron chi connectivity index (χ2n) is 12.5. The fourth-order valence-corrected chi connectivity index (χ4v) is 5.85. The van der Waals surface area contributed by atoms with Crippen LogP contribution < -0.4 is 31.9 Å². The molecule has 2 fully saturated rings. The lowest BCUT2D eigenvalue weighted by Crippen LogP contribution is -2.45. The van der Waals surface area contributed by atoms with Crippen molar-refractivity contribution in [1.29, 1.82) is 0 Å². The van der Waals surface area contributed by atoms with E-state index in [0.717, 1.165) is 63.3 Å². The number of nitrogens with zero attached hydrogens (tertiary/aromatic N) is 13. The molecule has 7 rings (SSSR count). The van der Waals surface area contributed by atoms with Crippen LogP contribution in [-0.2, 0) is 13.1 Å². The lowest BCUT2D eigenvalue weighted by molar-refractivity contribution is 0.257. The van der Waals surface area contributed by atoms with E-state index in [0.29, 0.717) is 29.5 Å². The molecule has 0 spiro atoms. The second kappa shape index (κ2) is 15.6. The highest BCUT2D eigenvalue weighted by molar-refractivity contribution is 5.44. The molecule has 16 heteroatoms. The van der Waals surface area contributed by atoms with E-state index in [4.69, 9.17) is 17.2 Å². The summed E-state index contributed by atoms with van der Waals surface area (Å²) in [6, 6.07) is 12.4. The third-order valence-corrected chi connectivity index (χ3v) is 8.77. The standard InChI is InChI=1S/C11H19N5.C10H12N6.C10H17N5/c1-15(2)9-4-3-7-16(8-9)11-6-5-10(12)13-14-11;11-9-1-2-10(14-13-9)15-3-4-16-7-12-5-8(16)6-15;1-14(2)8-5-6-15(7-8)10-4-3-9(11)12-13-10/h5-6,9H,3-4,7-8H2,1-2H3,(H2,12,13);1-2,5,7H,3-4,6H2,(H2,11,13);3-4,8H,5-7H2,1-2H3,(H2,11,12). The average Bonchev–Trinajstić information content (AvgIpc) is 3.77. The first-order chi connectivity index (χ1) is 22.7. The van der Waals surface area contributed by atoms with Gasteiger partial charge >= 0.3 is 0 Å². The van der Waals surface area contributed by atoms with Crippen molar-refractivity contribution in [3.63, 3.8) is 0 Å². The lowest BCUT2D eigenvalue weighted by atomic mass is 10.1. The van der Waals surface area contributed by atoms with E-state index >= 15 is 0 Å². The first-order valence-corrected chi connectivity index (χ1v) is 16.0. The van der Waals surface area contributed by atoms with Gasteiger partial charge in [-0.15, -0.1) is 30.6 Å². The molecule has 47 heavy (non-hydrogen) atoms. The molecule has 252 valence electrons. The van der Waals surface area contributed by atoms with E-state index < -0.39 is 0 Å². The highest BCUT2D eigenvalue weighted by atomic mass is 15.3. The summed E-state index contributed by atoms with van der Waals surface area (Å²) in [4.78, 5) is 15.4. The summed E-state index contributed by atoms with van der Waals surface area (Å²) in [6.07, 6.45) is 7.39. The number of imidazole rings is 1. The molecule has 0 aliphatic carbocycles. The Hall–Kier alpha value is -4.83. The van der Waals surface area contributed by atoms with Gasteiger partial charge in [0.1, 0.15) is 17.5 Å². The number of hydrogen-bond donors (Lipinski definition) is 3. The van der Waals surface area contributed by atoms with Crippen LogP contribution in [0.2, 0.25) is 0 Å². The van der Waals surface area contributed by atoms with Gasteiger partial charge in [0.15, 0.2) is 17.5 Å². The number of fused-ring (bicyclic) bond motifs is 1. The van der Waals surface area contributed by atoms with E-state index in [-0.39, 0.29) is 0 Å². The molecule has 16 nitrogen and oxygen atoms in total. The van der Waals surface area contributed by atoms with E-state index in [1.165, 1.54) is 25.0 Å². The number of nitrogen functional groups attached to an aromatic ring is 3. The molecular formula is C31H48N16. The van der Waals surface area contributed by atoms with Gasteiger partial charge in [0.2, 0.25) is 0 Å². The Morgan fingerprint density at radius 2 is 1.11 bits per heavy atom. The van der Waals surface area contributed by atoms with E-state index in [2.05, 4.69) is 92.8 Å². The Bertz CT molecular complexity index is 1510. The Morgan fingerprint density at radius 1 is 0.596 bits per heavy atom. The summed E-state index contributed by atoms with van der Waals surface area (Å²) >= 11 is 0. The second-order valence-corrected chi connectivity index (χ2v) is 12.5. The van der Waals surface area contributed by atoms with Gasteiger partial charge < -0.3 is 46.3 Å². The largest absolute Gasteiger partial charge is 0.382 e. The van der Waals surface area contributed by atoms with Crippen LogP contribution in [0.25, 0.3) is 0 Å². The highest BCUT2D eigenvalue weighted by Gasteiger charge is 2.25. The third-order valence-electron chi connectivity index (χ3n) is 8.77. The zero-order chi connectivity index (χ0) is 33.3. The Morgan fingerprint density at radius 3 is 1.60 bits per heavy atom. The predicted molar refractivity (Wildman–Crippen MR) is 186 cm³/mol. The summed E-state index contributed by atoms with van der Waals surface area (Å²) in [5.74, 6) is 4.12. The van der Waals surface area contributed by atoms with Crippen molar-refractivity contribution in [2.24, 2.45) is 0 Å². The Balaban J connectivity index is 0.000000138. The van der Waals surface area contributed by atoms with E-state index in [1.54, 1.807) is 12.1 Å². The molecule has 6 N–H and O–H groups in total. The van der Waals surface area contributed by atoms with Crippen LogP contribution in [0.4, 0.5) is 34.9 Å². The maximum absolute atomic E-state index is 5.53. The average molecular weight is 645 g/mol. The van der Waals surface area contributed by atoms with Crippen LogP contribution in [0.1, 0.15) is 25.0 Å².